The van der Waals surface area contributed by atoms with Crippen molar-refractivity contribution in [1.82, 2.24) is 4.72 Å². The summed E-state index contributed by atoms with van der Waals surface area (Å²) in [6, 6.07) is 7.06. The number of sulfonamides is 1. The van der Waals surface area contributed by atoms with Crippen LogP contribution in [0.25, 0.3) is 0 Å². The molecule has 1 aliphatic rings. The Morgan fingerprint density at radius 3 is 2.43 bits per heavy atom. The van der Waals surface area contributed by atoms with Crippen LogP contribution in [0.1, 0.15) is 38.7 Å². The summed E-state index contributed by atoms with van der Waals surface area (Å²) < 4.78 is 27.8. The molecule has 1 N–H and O–H groups in total. The highest BCUT2D eigenvalue weighted by molar-refractivity contribution is 7.89. The second-order valence-electron chi connectivity index (χ2n) is 6.21. The molecular weight excluding hydrogens is 306 g/mol. The number of hydrogen-bond donors (Lipinski definition) is 1. The van der Waals surface area contributed by atoms with Gasteiger partial charge in [-0.15, -0.1) is 11.6 Å². The molecule has 0 amide bonds. The van der Waals surface area contributed by atoms with E-state index in [-0.39, 0.29) is 6.04 Å². The Hall–Kier alpha value is -0.580. The molecule has 0 bridgehead atoms. The largest absolute Gasteiger partial charge is 0.240 e. The molecule has 118 valence electrons. The molecule has 1 aromatic rings. The van der Waals surface area contributed by atoms with Crippen molar-refractivity contribution in [3.63, 3.8) is 0 Å². The first-order chi connectivity index (χ1) is 9.92. The number of halogens is 1. The smallest absolute Gasteiger partial charge is 0.208 e. The highest BCUT2D eigenvalue weighted by atomic mass is 35.5. The van der Waals surface area contributed by atoms with Crippen molar-refractivity contribution < 1.29 is 8.42 Å². The molecule has 0 radical (unpaired) electrons. The lowest BCUT2D eigenvalue weighted by atomic mass is 9.80. The Balaban J connectivity index is 2.07. The van der Waals surface area contributed by atoms with Crippen LogP contribution in [-0.4, -0.2) is 20.3 Å². The zero-order valence-corrected chi connectivity index (χ0v) is 14.3. The molecule has 5 heteroatoms. The summed E-state index contributed by atoms with van der Waals surface area (Å²) in [5, 5.41) is 0. The predicted octanol–water partition coefficient (Wildman–Crippen LogP) is 3.57. The molecule has 0 heterocycles. The van der Waals surface area contributed by atoms with Crippen molar-refractivity contribution in [3.8, 4) is 0 Å². The Labute approximate surface area is 133 Å². The van der Waals surface area contributed by atoms with Gasteiger partial charge < -0.3 is 0 Å². The predicted molar refractivity (Wildman–Crippen MR) is 87.2 cm³/mol. The third-order valence-corrected chi connectivity index (χ3v) is 6.05. The molecule has 2 rings (SSSR count). The van der Waals surface area contributed by atoms with E-state index in [1.165, 1.54) is 0 Å². The highest BCUT2D eigenvalue weighted by Gasteiger charge is 2.29. The van der Waals surface area contributed by atoms with Crippen LogP contribution >= 0.6 is 11.6 Å². The van der Waals surface area contributed by atoms with Crippen LogP contribution in [0.15, 0.2) is 29.2 Å². The number of alkyl halides is 1. The molecule has 1 fully saturated rings. The van der Waals surface area contributed by atoms with E-state index in [0.717, 1.165) is 31.2 Å². The van der Waals surface area contributed by atoms with Crippen LogP contribution in [0, 0.1) is 11.8 Å². The van der Waals surface area contributed by atoms with Gasteiger partial charge in [0.15, 0.2) is 0 Å². The zero-order chi connectivity index (χ0) is 15.5. The van der Waals surface area contributed by atoms with E-state index < -0.39 is 10.0 Å². The van der Waals surface area contributed by atoms with E-state index in [1.54, 1.807) is 12.1 Å². The monoisotopic (exact) mass is 329 g/mol. The maximum absolute atomic E-state index is 12.5. The maximum atomic E-state index is 12.5. The second-order valence-corrected chi connectivity index (χ2v) is 8.30. The molecule has 3 unspecified atom stereocenters. The van der Waals surface area contributed by atoms with Gasteiger partial charge >= 0.3 is 0 Å². The molecule has 1 aromatic carbocycles. The minimum absolute atomic E-state index is 0.0497. The van der Waals surface area contributed by atoms with E-state index in [2.05, 4.69) is 18.6 Å². The first kappa shape index (κ1) is 16.8. The third kappa shape index (κ3) is 4.44. The Kier molecular flexibility index (Phi) is 5.69. The maximum Gasteiger partial charge on any atom is 0.240 e. The Morgan fingerprint density at radius 2 is 1.86 bits per heavy atom. The Morgan fingerprint density at radius 1 is 1.19 bits per heavy atom. The summed E-state index contributed by atoms with van der Waals surface area (Å²) in [5.41, 5.74) is 1.06. The van der Waals surface area contributed by atoms with Gasteiger partial charge in [0.25, 0.3) is 0 Å². The minimum Gasteiger partial charge on any atom is -0.208 e. The van der Waals surface area contributed by atoms with E-state index >= 15 is 0 Å². The molecule has 0 saturated heterocycles. The van der Waals surface area contributed by atoms with E-state index in [4.69, 9.17) is 11.6 Å². The molecule has 1 saturated carbocycles. The van der Waals surface area contributed by atoms with Crippen molar-refractivity contribution in [2.24, 2.45) is 11.8 Å². The lowest BCUT2D eigenvalue weighted by Crippen LogP contribution is -2.42. The first-order valence-electron chi connectivity index (χ1n) is 7.59. The minimum atomic E-state index is -3.42. The summed E-state index contributed by atoms with van der Waals surface area (Å²) >= 11 is 5.69. The van der Waals surface area contributed by atoms with Crippen molar-refractivity contribution in [3.05, 3.63) is 29.8 Å². The normalized spacial score (nSPS) is 26.7. The lowest BCUT2D eigenvalue weighted by molar-refractivity contribution is 0.249. The van der Waals surface area contributed by atoms with Gasteiger partial charge in [-0.05, 0) is 55.2 Å². The second kappa shape index (κ2) is 7.12. The van der Waals surface area contributed by atoms with Gasteiger partial charge in [-0.2, -0.15) is 0 Å². The van der Waals surface area contributed by atoms with Gasteiger partial charge in [0.2, 0.25) is 10.0 Å². The van der Waals surface area contributed by atoms with Crippen LogP contribution in [0.3, 0.4) is 0 Å². The van der Waals surface area contributed by atoms with Gasteiger partial charge in [-0.1, -0.05) is 26.0 Å². The average molecular weight is 330 g/mol. The summed E-state index contributed by atoms with van der Waals surface area (Å²) in [4.78, 5) is 0.339. The van der Waals surface area contributed by atoms with Gasteiger partial charge in [0.05, 0.1) is 4.90 Å². The third-order valence-electron chi connectivity index (χ3n) is 4.35. The highest BCUT2D eigenvalue weighted by Crippen LogP contribution is 2.29. The summed E-state index contributed by atoms with van der Waals surface area (Å²) in [6.45, 7) is 4.36. The number of aryl methyl sites for hydroxylation is 1. The fourth-order valence-electron chi connectivity index (χ4n) is 3.05. The van der Waals surface area contributed by atoms with Gasteiger partial charge in [-0.3, -0.25) is 0 Å². The molecule has 21 heavy (non-hydrogen) atoms. The molecule has 0 aliphatic heterocycles. The number of hydrogen-bond acceptors (Lipinski definition) is 2. The molecule has 3 atom stereocenters. The van der Waals surface area contributed by atoms with E-state index in [0.29, 0.717) is 22.6 Å². The fourth-order valence-corrected chi connectivity index (χ4v) is 4.65. The molecule has 0 aromatic heterocycles. The summed E-state index contributed by atoms with van der Waals surface area (Å²) in [7, 11) is -3.42. The molecule has 0 spiro atoms. The van der Waals surface area contributed by atoms with Gasteiger partial charge in [0.1, 0.15) is 0 Å². The quantitative estimate of drug-likeness (QED) is 0.839. The summed E-state index contributed by atoms with van der Waals surface area (Å²) in [6.07, 6.45) is 3.85. The summed E-state index contributed by atoms with van der Waals surface area (Å²) in [5.74, 6) is 1.62. The van der Waals surface area contributed by atoms with Gasteiger partial charge in [-0.25, -0.2) is 13.1 Å². The van der Waals surface area contributed by atoms with Crippen molar-refractivity contribution in [2.75, 3.05) is 5.88 Å². The number of rotatable bonds is 5. The zero-order valence-electron chi connectivity index (χ0n) is 12.7. The van der Waals surface area contributed by atoms with E-state index in [1.807, 2.05) is 12.1 Å². The van der Waals surface area contributed by atoms with Crippen molar-refractivity contribution >= 4 is 21.6 Å². The molecule has 3 nitrogen and oxygen atoms in total. The fraction of sp³-hybridized carbons (Fsp3) is 0.625. The SMILES string of the molecule is CC1CCC(NS(=O)(=O)c2ccc(CCCl)cc2)C(C)C1. The van der Waals surface area contributed by atoms with Crippen LogP contribution in [-0.2, 0) is 16.4 Å². The van der Waals surface area contributed by atoms with Crippen LogP contribution in [0.4, 0.5) is 0 Å². The van der Waals surface area contributed by atoms with Crippen LogP contribution in [0.5, 0.6) is 0 Å². The molecule has 1 aliphatic carbocycles. The van der Waals surface area contributed by atoms with Gasteiger partial charge in [0, 0.05) is 11.9 Å². The van der Waals surface area contributed by atoms with Crippen LogP contribution in [0.2, 0.25) is 0 Å². The Bertz CT molecular complexity index is 556. The van der Waals surface area contributed by atoms with Crippen LogP contribution < -0.4 is 4.72 Å². The topological polar surface area (TPSA) is 46.2 Å². The molecular formula is C16H24ClNO2S. The average Bonchev–Trinajstić information content (AvgIpc) is 2.43. The number of benzene rings is 1. The number of nitrogens with one attached hydrogen (secondary N) is 1. The van der Waals surface area contributed by atoms with E-state index in [9.17, 15) is 8.42 Å². The van der Waals surface area contributed by atoms with Crippen molar-refractivity contribution in [1.29, 1.82) is 0 Å². The standard InChI is InChI=1S/C16H24ClNO2S/c1-12-3-8-16(13(2)11-12)18-21(19,20)15-6-4-14(5-7-15)9-10-17/h4-7,12-13,16,18H,3,8-11H2,1-2H3. The van der Waals surface area contributed by atoms with Crippen molar-refractivity contribution in [2.45, 2.75) is 50.5 Å². The lowest BCUT2D eigenvalue weighted by Gasteiger charge is -2.32. The first-order valence-corrected chi connectivity index (χ1v) is 9.61.